The Morgan fingerprint density at radius 2 is 2.05 bits per heavy atom. The molecule has 0 saturated heterocycles. The number of fused-ring (bicyclic) bond motifs is 1. The summed E-state index contributed by atoms with van der Waals surface area (Å²) in [4.78, 5) is 24.2. The van der Waals surface area contributed by atoms with Crippen LogP contribution in [0.2, 0.25) is 0 Å². The van der Waals surface area contributed by atoms with E-state index in [1.54, 1.807) is 4.68 Å². The predicted molar refractivity (Wildman–Crippen MR) is 72.6 cm³/mol. The molecular formula is C14H12F2N4O2. The summed E-state index contributed by atoms with van der Waals surface area (Å²) < 4.78 is 28.0. The third-order valence-corrected chi connectivity index (χ3v) is 3.60. The third-order valence-electron chi connectivity index (χ3n) is 3.60. The standard InChI is InChI=1S/C14H12F2N4O2/c15-9-2-1-8(5-10(9)16)13-12(14(17)22)11-6-19(7-21)3-4-20(11)18-13/h1-2,5,7H,3-4,6H2,(H2,17,22). The van der Waals surface area contributed by atoms with E-state index in [1.807, 2.05) is 0 Å². The Balaban J connectivity index is 2.16. The monoisotopic (exact) mass is 306 g/mol. The average molecular weight is 306 g/mol. The average Bonchev–Trinajstić information content (AvgIpc) is 2.88. The van der Waals surface area contributed by atoms with E-state index >= 15 is 0 Å². The van der Waals surface area contributed by atoms with E-state index in [1.165, 1.54) is 11.0 Å². The van der Waals surface area contributed by atoms with Crippen LogP contribution in [0.5, 0.6) is 0 Å². The van der Waals surface area contributed by atoms with Gasteiger partial charge >= 0.3 is 0 Å². The van der Waals surface area contributed by atoms with E-state index < -0.39 is 17.5 Å². The van der Waals surface area contributed by atoms with Crippen LogP contribution in [0.1, 0.15) is 16.1 Å². The molecule has 0 unspecified atom stereocenters. The zero-order valence-corrected chi connectivity index (χ0v) is 11.4. The van der Waals surface area contributed by atoms with Crippen LogP contribution in [-0.2, 0) is 17.9 Å². The van der Waals surface area contributed by atoms with Crippen LogP contribution >= 0.6 is 0 Å². The number of nitrogens with two attached hydrogens (primary N) is 1. The highest BCUT2D eigenvalue weighted by Crippen LogP contribution is 2.28. The Hall–Kier alpha value is -2.77. The molecule has 2 amide bonds. The van der Waals surface area contributed by atoms with Crippen molar-refractivity contribution in [3.05, 3.63) is 41.1 Å². The lowest BCUT2D eigenvalue weighted by Crippen LogP contribution is -2.34. The molecule has 2 N–H and O–H groups in total. The van der Waals surface area contributed by atoms with E-state index in [4.69, 9.17) is 5.73 Å². The Kier molecular flexibility index (Phi) is 3.36. The molecule has 2 aromatic rings. The van der Waals surface area contributed by atoms with Crippen molar-refractivity contribution in [3.8, 4) is 11.3 Å². The number of halogens is 2. The SMILES string of the molecule is NC(=O)c1c(-c2ccc(F)c(F)c2)nn2c1CN(C=O)CC2. The van der Waals surface area contributed by atoms with Crippen LogP contribution in [0.4, 0.5) is 8.78 Å². The Bertz CT molecular complexity index is 772. The summed E-state index contributed by atoms with van der Waals surface area (Å²) in [7, 11) is 0. The van der Waals surface area contributed by atoms with Crippen LogP contribution in [0.25, 0.3) is 11.3 Å². The van der Waals surface area contributed by atoms with E-state index in [0.717, 1.165) is 12.1 Å². The third kappa shape index (κ3) is 2.22. The number of carbonyl (C=O) groups excluding carboxylic acids is 2. The Labute approximate surface area is 124 Å². The van der Waals surface area contributed by atoms with Crippen molar-refractivity contribution in [1.29, 1.82) is 0 Å². The second-order valence-corrected chi connectivity index (χ2v) is 4.96. The molecular weight excluding hydrogens is 294 g/mol. The van der Waals surface area contributed by atoms with Gasteiger partial charge in [0.05, 0.1) is 24.3 Å². The van der Waals surface area contributed by atoms with Crippen molar-refractivity contribution in [3.63, 3.8) is 0 Å². The van der Waals surface area contributed by atoms with Gasteiger partial charge in [-0.05, 0) is 18.2 Å². The highest BCUT2D eigenvalue weighted by molar-refractivity contribution is 6.00. The van der Waals surface area contributed by atoms with Gasteiger partial charge in [0.15, 0.2) is 11.6 Å². The molecule has 0 saturated carbocycles. The highest BCUT2D eigenvalue weighted by atomic mass is 19.2. The molecule has 0 fully saturated rings. The Morgan fingerprint density at radius 1 is 1.27 bits per heavy atom. The topological polar surface area (TPSA) is 81.2 Å². The molecule has 0 bridgehead atoms. The van der Waals surface area contributed by atoms with Crippen molar-refractivity contribution >= 4 is 12.3 Å². The number of benzene rings is 1. The maximum absolute atomic E-state index is 13.4. The second kappa shape index (κ2) is 5.21. The number of carbonyl (C=O) groups is 2. The van der Waals surface area contributed by atoms with Gasteiger partial charge in [-0.2, -0.15) is 5.10 Å². The molecule has 1 aromatic carbocycles. The van der Waals surface area contributed by atoms with E-state index in [9.17, 15) is 18.4 Å². The van der Waals surface area contributed by atoms with Crippen LogP contribution < -0.4 is 5.73 Å². The number of aromatic nitrogens is 2. The minimum Gasteiger partial charge on any atom is -0.365 e. The van der Waals surface area contributed by atoms with Crippen LogP contribution in [0, 0.1) is 11.6 Å². The summed E-state index contributed by atoms with van der Waals surface area (Å²) in [6.07, 6.45) is 0.679. The molecule has 0 spiro atoms. The lowest BCUT2D eigenvalue weighted by Gasteiger charge is -2.24. The number of hydrogen-bond acceptors (Lipinski definition) is 3. The van der Waals surface area contributed by atoms with E-state index in [2.05, 4.69) is 5.10 Å². The molecule has 114 valence electrons. The summed E-state index contributed by atoms with van der Waals surface area (Å²) in [6, 6.07) is 3.26. The molecule has 0 aliphatic carbocycles. The van der Waals surface area contributed by atoms with E-state index in [0.29, 0.717) is 25.2 Å². The minimum atomic E-state index is -1.03. The van der Waals surface area contributed by atoms with Gasteiger partial charge in [0, 0.05) is 12.1 Å². The van der Waals surface area contributed by atoms with Crippen molar-refractivity contribution in [1.82, 2.24) is 14.7 Å². The minimum absolute atomic E-state index is 0.123. The molecule has 1 aliphatic rings. The zero-order chi connectivity index (χ0) is 15.9. The maximum atomic E-state index is 13.4. The van der Waals surface area contributed by atoms with E-state index in [-0.39, 0.29) is 23.4 Å². The fraction of sp³-hybridized carbons (Fsp3) is 0.214. The number of nitrogens with zero attached hydrogens (tertiary/aromatic N) is 3. The first-order chi connectivity index (χ1) is 10.5. The lowest BCUT2D eigenvalue weighted by molar-refractivity contribution is -0.119. The zero-order valence-electron chi connectivity index (χ0n) is 11.4. The molecule has 0 radical (unpaired) electrons. The fourth-order valence-electron chi connectivity index (χ4n) is 2.53. The number of hydrogen-bond donors (Lipinski definition) is 1. The predicted octanol–water partition coefficient (Wildman–Crippen LogP) is 0.899. The first kappa shape index (κ1) is 14.2. The van der Waals surface area contributed by atoms with Gasteiger partial charge in [0.25, 0.3) is 5.91 Å². The van der Waals surface area contributed by atoms with Crippen molar-refractivity contribution < 1.29 is 18.4 Å². The normalized spacial score (nSPS) is 13.8. The van der Waals surface area contributed by atoms with Gasteiger partial charge in [-0.3, -0.25) is 14.3 Å². The summed E-state index contributed by atoms with van der Waals surface area (Å²) in [5.41, 5.74) is 6.47. The number of amides is 2. The largest absolute Gasteiger partial charge is 0.365 e. The lowest BCUT2D eigenvalue weighted by atomic mass is 10.0. The molecule has 2 heterocycles. The van der Waals surface area contributed by atoms with Crippen LogP contribution in [0.3, 0.4) is 0 Å². The van der Waals surface area contributed by atoms with Crippen molar-refractivity contribution in [2.45, 2.75) is 13.1 Å². The van der Waals surface area contributed by atoms with Gasteiger partial charge in [-0.25, -0.2) is 8.78 Å². The van der Waals surface area contributed by atoms with Gasteiger partial charge < -0.3 is 10.6 Å². The van der Waals surface area contributed by atoms with Crippen molar-refractivity contribution in [2.24, 2.45) is 5.73 Å². The molecule has 1 aliphatic heterocycles. The highest BCUT2D eigenvalue weighted by Gasteiger charge is 2.27. The Morgan fingerprint density at radius 3 is 2.68 bits per heavy atom. The second-order valence-electron chi connectivity index (χ2n) is 4.96. The van der Waals surface area contributed by atoms with Crippen LogP contribution in [-0.4, -0.2) is 33.5 Å². The first-order valence-corrected chi connectivity index (χ1v) is 6.55. The quantitative estimate of drug-likeness (QED) is 0.855. The summed E-state index contributed by atoms with van der Waals surface area (Å²) in [6.45, 7) is 1.05. The van der Waals surface area contributed by atoms with Crippen LogP contribution in [0.15, 0.2) is 18.2 Å². The molecule has 22 heavy (non-hydrogen) atoms. The molecule has 0 atom stereocenters. The summed E-state index contributed by atoms with van der Waals surface area (Å²) in [5.74, 6) is -2.75. The maximum Gasteiger partial charge on any atom is 0.252 e. The van der Waals surface area contributed by atoms with Gasteiger partial charge in [0.1, 0.15) is 5.69 Å². The number of primary amides is 1. The molecule has 8 heteroatoms. The first-order valence-electron chi connectivity index (χ1n) is 6.55. The van der Waals surface area contributed by atoms with Crippen molar-refractivity contribution in [2.75, 3.05) is 6.54 Å². The summed E-state index contributed by atoms with van der Waals surface area (Å²) >= 11 is 0. The fourth-order valence-corrected chi connectivity index (χ4v) is 2.53. The number of rotatable bonds is 3. The molecule has 1 aromatic heterocycles. The van der Waals surface area contributed by atoms with Gasteiger partial charge in [0.2, 0.25) is 6.41 Å². The smallest absolute Gasteiger partial charge is 0.252 e. The molecule has 3 rings (SSSR count). The van der Waals surface area contributed by atoms with Gasteiger partial charge in [-0.1, -0.05) is 0 Å². The summed E-state index contributed by atoms with van der Waals surface area (Å²) in [5, 5.41) is 4.27. The van der Waals surface area contributed by atoms with Gasteiger partial charge in [-0.15, -0.1) is 0 Å². The molecule has 6 nitrogen and oxygen atoms in total.